The Morgan fingerprint density at radius 3 is 2.96 bits per heavy atom. The second-order valence-corrected chi connectivity index (χ2v) is 5.95. The highest BCUT2D eigenvalue weighted by atomic mass is 35.5. The molecule has 0 radical (unpaired) electrons. The Balaban J connectivity index is 1.75. The molecule has 2 aromatic rings. The average molecular weight is 350 g/mol. The fourth-order valence-electron chi connectivity index (χ4n) is 2.81. The third kappa shape index (κ3) is 3.55. The molecule has 2 heterocycles. The molecule has 0 unspecified atom stereocenters. The number of nitrogens with zero attached hydrogens (tertiary/aromatic N) is 4. The zero-order chi connectivity index (χ0) is 17.1. The molecule has 1 fully saturated rings. The van der Waals surface area contributed by atoms with E-state index in [-0.39, 0.29) is 12.5 Å². The number of nitrogens with one attached hydrogen (secondary N) is 1. The van der Waals surface area contributed by atoms with E-state index in [1.165, 1.54) is 17.3 Å². The van der Waals surface area contributed by atoms with Crippen LogP contribution in [0.5, 0.6) is 0 Å². The van der Waals surface area contributed by atoms with E-state index in [2.05, 4.69) is 15.4 Å². The predicted octanol–water partition coefficient (Wildman–Crippen LogP) is 1.41. The summed E-state index contributed by atoms with van der Waals surface area (Å²) in [4.78, 5) is 29.1. The maximum Gasteiger partial charge on any atom is 0.320 e. The number of hydrogen-bond donors (Lipinski definition) is 2. The van der Waals surface area contributed by atoms with Crippen LogP contribution < -0.4 is 5.32 Å². The summed E-state index contributed by atoms with van der Waals surface area (Å²) in [6, 6.07) is 4.43. The highest BCUT2D eigenvalue weighted by Crippen LogP contribution is 2.24. The summed E-state index contributed by atoms with van der Waals surface area (Å²) in [5.41, 5.74) is 1.12. The first kappa shape index (κ1) is 16.4. The lowest BCUT2D eigenvalue weighted by Crippen LogP contribution is -2.41. The minimum Gasteiger partial charge on any atom is -0.480 e. The van der Waals surface area contributed by atoms with Gasteiger partial charge in [0.1, 0.15) is 18.7 Å². The molecule has 8 nitrogen and oxygen atoms in total. The topological polar surface area (TPSA) is 100 Å². The number of amides is 1. The number of benzene rings is 1. The molecule has 24 heavy (non-hydrogen) atoms. The first-order chi connectivity index (χ1) is 11.5. The van der Waals surface area contributed by atoms with Crippen molar-refractivity contribution >= 4 is 29.2 Å². The van der Waals surface area contributed by atoms with E-state index in [0.29, 0.717) is 29.4 Å². The second kappa shape index (κ2) is 6.98. The molecule has 1 aliphatic rings. The number of carboxylic acid groups (broad SMARTS) is 1. The lowest BCUT2D eigenvalue weighted by Gasteiger charge is -2.20. The smallest absolute Gasteiger partial charge is 0.320 e. The van der Waals surface area contributed by atoms with Crippen LogP contribution in [0.4, 0.5) is 5.69 Å². The first-order valence-electron chi connectivity index (χ1n) is 7.46. The minimum atomic E-state index is -0.897. The van der Waals surface area contributed by atoms with Crippen LogP contribution in [0.3, 0.4) is 0 Å². The van der Waals surface area contributed by atoms with Gasteiger partial charge in [-0.3, -0.25) is 14.5 Å². The fourth-order valence-corrected chi connectivity index (χ4v) is 2.98. The molecule has 0 saturated carbocycles. The van der Waals surface area contributed by atoms with Crippen molar-refractivity contribution in [3.63, 3.8) is 0 Å². The van der Waals surface area contributed by atoms with Crippen molar-refractivity contribution in [1.29, 1.82) is 0 Å². The van der Waals surface area contributed by atoms with Crippen molar-refractivity contribution in [2.45, 2.75) is 18.9 Å². The van der Waals surface area contributed by atoms with Gasteiger partial charge < -0.3 is 10.4 Å². The largest absolute Gasteiger partial charge is 0.480 e. The van der Waals surface area contributed by atoms with Gasteiger partial charge in [-0.1, -0.05) is 11.6 Å². The van der Waals surface area contributed by atoms with E-state index in [9.17, 15) is 14.7 Å². The molecule has 1 amide bonds. The summed E-state index contributed by atoms with van der Waals surface area (Å²) in [6.45, 7) is 0.607. The van der Waals surface area contributed by atoms with Gasteiger partial charge in [-0.2, -0.15) is 5.10 Å². The number of aliphatic carboxylic acids is 1. The van der Waals surface area contributed by atoms with Gasteiger partial charge >= 0.3 is 5.97 Å². The normalized spacial score (nSPS) is 17.8. The van der Waals surface area contributed by atoms with E-state index in [4.69, 9.17) is 11.6 Å². The fraction of sp³-hybridized carbons (Fsp3) is 0.333. The van der Waals surface area contributed by atoms with Crippen LogP contribution in [0.2, 0.25) is 5.02 Å². The molecule has 1 aromatic carbocycles. The summed E-state index contributed by atoms with van der Waals surface area (Å²) in [5, 5.41) is 16.5. The summed E-state index contributed by atoms with van der Waals surface area (Å²) < 4.78 is 1.52. The maximum absolute atomic E-state index is 12.3. The standard InChI is InChI=1S/C15H16ClN5O3/c16-10-3-4-12(21-9-17-8-18-21)11(6-10)19-14(22)7-20-5-1-2-13(20)15(23)24/h3-4,6,8-9,13H,1-2,5,7H2,(H,19,22)(H,23,24)/t13-/m0/s1. The molecular formula is C15H16ClN5O3. The third-order valence-electron chi connectivity index (χ3n) is 3.89. The molecule has 2 N–H and O–H groups in total. The van der Waals surface area contributed by atoms with E-state index in [0.717, 1.165) is 6.42 Å². The lowest BCUT2D eigenvalue weighted by atomic mass is 10.2. The molecule has 1 saturated heterocycles. The molecule has 0 aliphatic carbocycles. The molecule has 0 spiro atoms. The van der Waals surface area contributed by atoms with Crippen LogP contribution in [0.1, 0.15) is 12.8 Å². The van der Waals surface area contributed by atoms with Gasteiger partial charge in [0.05, 0.1) is 17.9 Å². The number of halogens is 1. The Hall–Kier alpha value is -2.45. The Kier molecular flexibility index (Phi) is 4.77. The third-order valence-corrected chi connectivity index (χ3v) is 4.13. The Labute approximate surface area is 143 Å². The van der Waals surface area contributed by atoms with Gasteiger partial charge in [0.25, 0.3) is 0 Å². The number of carbonyl (C=O) groups is 2. The highest BCUT2D eigenvalue weighted by molar-refractivity contribution is 6.31. The number of aromatic nitrogens is 3. The Morgan fingerprint density at radius 1 is 1.42 bits per heavy atom. The number of carboxylic acids is 1. The van der Waals surface area contributed by atoms with E-state index < -0.39 is 12.0 Å². The predicted molar refractivity (Wildman–Crippen MR) is 87.2 cm³/mol. The number of anilines is 1. The van der Waals surface area contributed by atoms with Crippen molar-refractivity contribution in [1.82, 2.24) is 19.7 Å². The molecule has 1 atom stereocenters. The van der Waals surface area contributed by atoms with Crippen LogP contribution in [0.25, 0.3) is 5.69 Å². The van der Waals surface area contributed by atoms with Crippen molar-refractivity contribution in [2.75, 3.05) is 18.4 Å². The number of rotatable bonds is 5. The van der Waals surface area contributed by atoms with Crippen LogP contribution in [0, 0.1) is 0 Å². The molecule has 1 aliphatic heterocycles. The monoisotopic (exact) mass is 349 g/mol. The highest BCUT2D eigenvalue weighted by Gasteiger charge is 2.31. The van der Waals surface area contributed by atoms with Gasteiger partial charge in [-0.05, 0) is 37.6 Å². The first-order valence-corrected chi connectivity index (χ1v) is 7.83. The van der Waals surface area contributed by atoms with Gasteiger partial charge in [-0.25, -0.2) is 9.67 Å². The van der Waals surface area contributed by atoms with Crippen molar-refractivity contribution in [2.24, 2.45) is 0 Å². The van der Waals surface area contributed by atoms with Crippen LogP contribution in [-0.4, -0.2) is 55.8 Å². The van der Waals surface area contributed by atoms with Gasteiger partial charge in [-0.15, -0.1) is 0 Å². The van der Waals surface area contributed by atoms with Crippen LogP contribution in [0.15, 0.2) is 30.9 Å². The molecule has 126 valence electrons. The Bertz CT molecular complexity index is 750. The Morgan fingerprint density at radius 2 is 2.25 bits per heavy atom. The SMILES string of the molecule is O=C(CN1CCC[C@H]1C(=O)O)Nc1cc(Cl)ccc1-n1cncn1. The van der Waals surface area contributed by atoms with Crippen molar-refractivity contribution in [3.8, 4) is 5.69 Å². The van der Waals surface area contributed by atoms with Crippen LogP contribution >= 0.6 is 11.6 Å². The zero-order valence-corrected chi connectivity index (χ0v) is 13.5. The van der Waals surface area contributed by atoms with Crippen molar-refractivity contribution < 1.29 is 14.7 Å². The molecule has 3 rings (SSSR count). The lowest BCUT2D eigenvalue weighted by molar-refractivity contribution is -0.142. The quantitative estimate of drug-likeness (QED) is 0.846. The summed E-state index contributed by atoms with van der Waals surface area (Å²) in [5.74, 6) is -1.20. The number of hydrogen-bond acceptors (Lipinski definition) is 5. The average Bonchev–Trinajstić information content (AvgIpc) is 3.18. The molecular weight excluding hydrogens is 334 g/mol. The van der Waals surface area contributed by atoms with E-state index in [1.54, 1.807) is 23.1 Å². The van der Waals surface area contributed by atoms with Gasteiger partial charge in [0, 0.05) is 5.02 Å². The number of likely N-dealkylation sites (tertiary alicyclic amines) is 1. The second-order valence-electron chi connectivity index (χ2n) is 5.52. The van der Waals surface area contributed by atoms with E-state index in [1.807, 2.05) is 0 Å². The van der Waals surface area contributed by atoms with Gasteiger partial charge in [0.2, 0.25) is 5.91 Å². The minimum absolute atomic E-state index is 0.0142. The molecule has 0 bridgehead atoms. The molecule has 1 aromatic heterocycles. The summed E-state index contributed by atoms with van der Waals surface area (Å²) >= 11 is 6.01. The molecule has 9 heteroatoms. The maximum atomic E-state index is 12.3. The zero-order valence-electron chi connectivity index (χ0n) is 12.7. The van der Waals surface area contributed by atoms with E-state index >= 15 is 0 Å². The van der Waals surface area contributed by atoms with Crippen LogP contribution in [-0.2, 0) is 9.59 Å². The summed E-state index contributed by atoms with van der Waals surface area (Å²) in [7, 11) is 0. The van der Waals surface area contributed by atoms with Gasteiger partial charge in [0.15, 0.2) is 0 Å². The number of carbonyl (C=O) groups excluding carboxylic acids is 1. The summed E-state index contributed by atoms with van der Waals surface area (Å²) in [6.07, 6.45) is 4.23. The van der Waals surface area contributed by atoms with Crippen molar-refractivity contribution in [3.05, 3.63) is 35.9 Å².